The van der Waals surface area contributed by atoms with E-state index in [1.54, 1.807) is 0 Å². The maximum Gasteiger partial charge on any atom is 0.263 e. The first kappa shape index (κ1) is 15.8. The molecule has 1 N–H and O–H groups in total. The van der Waals surface area contributed by atoms with Crippen molar-refractivity contribution in [3.05, 3.63) is 52.8 Å². The minimum Gasteiger partial charge on any atom is -0.279 e. The molecule has 0 atom stereocenters. The van der Waals surface area contributed by atoms with Crippen LogP contribution in [0.15, 0.2) is 41.4 Å². The predicted molar refractivity (Wildman–Crippen MR) is 85.3 cm³/mol. The van der Waals surface area contributed by atoms with E-state index < -0.39 is 10.0 Å². The van der Waals surface area contributed by atoms with Crippen molar-refractivity contribution in [2.75, 3.05) is 4.72 Å². The first-order valence-electron chi connectivity index (χ1n) is 6.73. The van der Waals surface area contributed by atoms with Crippen molar-refractivity contribution in [2.24, 2.45) is 0 Å². The Morgan fingerprint density at radius 3 is 2.19 bits per heavy atom. The SMILES string of the molecule is CCc1cccc(CC)c1NS(=O)(=O)c1ccc(Cl)nc1. The summed E-state index contributed by atoms with van der Waals surface area (Å²) < 4.78 is 27.6. The van der Waals surface area contributed by atoms with Crippen molar-refractivity contribution in [2.45, 2.75) is 31.6 Å². The standard InChI is InChI=1S/C15H17ClN2O2S/c1-3-11-6-5-7-12(4-2)15(11)18-21(19,20)13-8-9-14(16)17-10-13/h5-10,18H,3-4H2,1-2H3. The van der Waals surface area contributed by atoms with Crippen LogP contribution in [0.5, 0.6) is 0 Å². The number of para-hydroxylation sites is 1. The fraction of sp³-hybridized carbons (Fsp3) is 0.267. The third-order valence-electron chi connectivity index (χ3n) is 3.25. The first-order chi connectivity index (χ1) is 9.97. The lowest BCUT2D eigenvalue weighted by Gasteiger charge is -2.15. The fourth-order valence-corrected chi connectivity index (χ4v) is 3.29. The summed E-state index contributed by atoms with van der Waals surface area (Å²) in [6, 6.07) is 8.70. The van der Waals surface area contributed by atoms with Crippen LogP contribution in [0.25, 0.3) is 0 Å². The van der Waals surface area contributed by atoms with Gasteiger partial charge in [-0.05, 0) is 36.1 Å². The van der Waals surface area contributed by atoms with Crippen LogP contribution < -0.4 is 4.72 Å². The molecule has 112 valence electrons. The molecule has 4 nitrogen and oxygen atoms in total. The molecular weight excluding hydrogens is 308 g/mol. The summed E-state index contributed by atoms with van der Waals surface area (Å²) in [5, 5.41) is 0.261. The molecule has 0 bridgehead atoms. The van der Waals surface area contributed by atoms with Gasteiger partial charge in [-0.25, -0.2) is 13.4 Å². The second-order valence-electron chi connectivity index (χ2n) is 4.58. The average molecular weight is 325 g/mol. The molecule has 21 heavy (non-hydrogen) atoms. The summed E-state index contributed by atoms with van der Waals surface area (Å²) in [6.45, 7) is 3.99. The first-order valence-corrected chi connectivity index (χ1v) is 8.59. The second kappa shape index (κ2) is 6.45. The number of benzene rings is 1. The molecule has 2 aromatic rings. The van der Waals surface area contributed by atoms with E-state index in [1.165, 1.54) is 18.3 Å². The third-order valence-corrected chi connectivity index (χ3v) is 4.80. The number of nitrogens with zero attached hydrogens (tertiary/aromatic N) is 1. The molecule has 2 rings (SSSR count). The van der Waals surface area contributed by atoms with Gasteiger partial charge < -0.3 is 0 Å². The molecule has 1 aromatic heterocycles. The topological polar surface area (TPSA) is 59.1 Å². The minimum atomic E-state index is -3.67. The lowest BCUT2D eigenvalue weighted by atomic mass is 10.0. The van der Waals surface area contributed by atoms with E-state index in [0.717, 1.165) is 24.0 Å². The van der Waals surface area contributed by atoms with Gasteiger partial charge in [0, 0.05) is 6.20 Å². The van der Waals surface area contributed by atoms with Gasteiger partial charge in [-0.1, -0.05) is 43.6 Å². The molecule has 1 heterocycles. The highest BCUT2D eigenvalue weighted by molar-refractivity contribution is 7.92. The summed E-state index contributed by atoms with van der Waals surface area (Å²) in [5.41, 5.74) is 2.61. The van der Waals surface area contributed by atoms with E-state index in [-0.39, 0.29) is 10.0 Å². The molecule has 0 aliphatic carbocycles. The van der Waals surface area contributed by atoms with Crippen molar-refractivity contribution in [3.8, 4) is 0 Å². The Labute approximate surface area is 130 Å². The zero-order chi connectivity index (χ0) is 15.5. The summed E-state index contributed by atoms with van der Waals surface area (Å²) in [6.07, 6.45) is 2.76. The predicted octanol–water partition coefficient (Wildman–Crippen LogP) is 3.66. The van der Waals surface area contributed by atoms with E-state index in [4.69, 9.17) is 11.6 Å². The molecule has 0 saturated carbocycles. The lowest BCUT2D eigenvalue weighted by Crippen LogP contribution is -2.15. The van der Waals surface area contributed by atoms with Gasteiger partial charge in [-0.3, -0.25) is 4.72 Å². The van der Waals surface area contributed by atoms with E-state index in [0.29, 0.717) is 5.69 Å². The number of hydrogen-bond acceptors (Lipinski definition) is 3. The third kappa shape index (κ3) is 3.54. The quantitative estimate of drug-likeness (QED) is 0.854. The Balaban J connectivity index is 2.43. The Kier molecular flexibility index (Phi) is 4.85. The van der Waals surface area contributed by atoms with Gasteiger partial charge in [0.25, 0.3) is 10.0 Å². The zero-order valence-corrected chi connectivity index (χ0v) is 13.5. The molecule has 6 heteroatoms. The van der Waals surface area contributed by atoms with Gasteiger partial charge in [-0.2, -0.15) is 0 Å². The minimum absolute atomic E-state index is 0.0971. The number of halogens is 1. The summed E-state index contributed by atoms with van der Waals surface area (Å²) >= 11 is 5.69. The largest absolute Gasteiger partial charge is 0.279 e. The van der Waals surface area contributed by atoms with Gasteiger partial charge in [-0.15, -0.1) is 0 Å². The molecule has 0 saturated heterocycles. The number of aryl methyl sites for hydroxylation is 2. The van der Waals surface area contributed by atoms with Gasteiger partial charge in [0.2, 0.25) is 0 Å². The van der Waals surface area contributed by atoms with Crippen molar-refractivity contribution in [1.29, 1.82) is 0 Å². The lowest BCUT2D eigenvalue weighted by molar-refractivity contribution is 0.600. The maximum atomic E-state index is 12.5. The molecule has 0 radical (unpaired) electrons. The van der Waals surface area contributed by atoms with Crippen LogP contribution in [0.3, 0.4) is 0 Å². The summed E-state index contributed by atoms with van der Waals surface area (Å²) in [5.74, 6) is 0. The zero-order valence-electron chi connectivity index (χ0n) is 11.9. The normalized spacial score (nSPS) is 11.4. The molecule has 0 aliphatic heterocycles. The van der Waals surface area contributed by atoms with E-state index in [9.17, 15) is 8.42 Å². The molecule has 1 aromatic carbocycles. The van der Waals surface area contributed by atoms with Gasteiger partial charge in [0.15, 0.2) is 0 Å². The summed E-state index contributed by atoms with van der Waals surface area (Å²) in [7, 11) is -3.67. The number of nitrogens with one attached hydrogen (secondary N) is 1. The highest BCUT2D eigenvalue weighted by Crippen LogP contribution is 2.25. The van der Waals surface area contributed by atoms with E-state index in [2.05, 4.69) is 9.71 Å². The highest BCUT2D eigenvalue weighted by Gasteiger charge is 2.18. The summed E-state index contributed by atoms with van der Waals surface area (Å²) in [4.78, 5) is 3.92. The number of sulfonamides is 1. The van der Waals surface area contributed by atoms with Gasteiger partial charge in [0.05, 0.1) is 5.69 Å². The van der Waals surface area contributed by atoms with Crippen LogP contribution in [0.4, 0.5) is 5.69 Å². The van der Waals surface area contributed by atoms with Crippen LogP contribution in [-0.2, 0) is 22.9 Å². The molecule has 0 spiro atoms. The van der Waals surface area contributed by atoms with E-state index >= 15 is 0 Å². The molecule has 0 fully saturated rings. The van der Waals surface area contributed by atoms with Crippen LogP contribution in [0, 0.1) is 0 Å². The van der Waals surface area contributed by atoms with E-state index in [1.807, 2.05) is 32.0 Å². The Morgan fingerprint density at radius 2 is 1.71 bits per heavy atom. The molecule has 0 amide bonds. The molecular formula is C15H17ClN2O2S. The number of rotatable bonds is 5. The Bertz CT molecular complexity index is 706. The number of pyridine rings is 1. The van der Waals surface area contributed by atoms with Crippen molar-refractivity contribution >= 4 is 27.3 Å². The van der Waals surface area contributed by atoms with Crippen molar-refractivity contribution < 1.29 is 8.42 Å². The Hall–Kier alpha value is -1.59. The van der Waals surface area contributed by atoms with Crippen LogP contribution >= 0.6 is 11.6 Å². The smallest absolute Gasteiger partial charge is 0.263 e. The van der Waals surface area contributed by atoms with Crippen molar-refractivity contribution in [3.63, 3.8) is 0 Å². The number of hydrogen-bond donors (Lipinski definition) is 1. The molecule has 0 unspecified atom stereocenters. The van der Waals surface area contributed by atoms with Crippen LogP contribution in [0.1, 0.15) is 25.0 Å². The Morgan fingerprint density at radius 1 is 1.10 bits per heavy atom. The molecule has 0 aliphatic rings. The van der Waals surface area contributed by atoms with Crippen LogP contribution in [-0.4, -0.2) is 13.4 Å². The van der Waals surface area contributed by atoms with Crippen LogP contribution in [0.2, 0.25) is 5.15 Å². The monoisotopic (exact) mass is 324 g/mol. The number of anilines is 1. The van der Waals surface area contributed by atoms with Gasteiger partial charge >= 0.3 is 0 Å². The maximum absolute atomic E-state index is 12.5. The van der Waals surface area contributed by atoms with Crippen molar-refractivity contribution in [1.82, 2.24) is 4.98 Å². The average Bonchev–Trinajstić information content (AvgIpc) is 2.47. The highest BCUT2D eigenvalue weighted by atomic mass is 35.5. The van der Waals surface area contributed by atoms with Gasteiger partial charge in [0.1, 0.15) is 10.0 Å². The fourth-order valence-electron chi connectivity index (χ4n) is 2.09. The second-order valence-corrected chi connectivity index (χ2v) is 6.65. The number of aromatic nitrogens is 1.